The van der Waals surface area contributed by atoms with E-state index >= 15 is 0 Å². The topological polar surface area (TPSA) is 83.8 Å². The monoisotopic (exact) mass is 534 g/mol. The Morgan fingerprint density at radius 2 is 1.56 bits per heavy atom. The molecule has 2 aromatic carbocycles. The van der Waals surface area contributed by atoms with E-state index in [0.29, 0.717) is 23.7 Å². The van der Waals surface area contributed by atoms with E-state index in [-0.39, 0.29) is 37.3 Å². The van der Waals surface area contributed by atoms with Crippen molar-refractivity contribution >= 4 is 12.3 Å². The number of aliphatic hydroxyl groups excluding tert-OH is 2. The number of ether oxygens (including phenoxy) is 1. The zero-order valence-corrected chi connectivity index (χ0v) is 23.7. The number of rotatable bonds is 13. The van der Waals surface area contributed by atoms with Crippen LogP contribution in [0.1, 0.15) is 75.8 Å². The molecule has 2 aromatic rings. The number of esters is 1. The van der Waals surface area contributed by atoms with E-state index in [4.69, 9.17) is 9.84 Å². The minimum atomic E-state index is -0.367. The van der Waals surface area contributed by atoms with Crippen molar-refractivity contribution in [2.24, 2.45) is 11.8 Å². The highest BCUT2D eigenvalue weighted by Gasteiger charge is 2.29. The molecule has 5 nitrogen and oxygen atoms in total. The van der Waals surface area contributed by atoms with Crippen LogP contribution >= 0.6 is 0 Å². The second kappa shape index (κ2) is 17.5. The maximum absolute atomic E-state index is 11.7. The lowest BCUT2D eigenvalue weighted by Crippen LogP contribution is -2.28. The highest BCUT2D eigenvalue weighted by molar-refractivity contribution is 5.86. The number of carbonyl (C=O) groups is 2. The van der Waals surface area contributed by atoms with Gasteiger partial charge in [-0.25, -0.2) is 4.79 Å². The Bertz CT molecular complexity index is 1030. The number of aryl methyl sites for hydroxylation is 1. The molecule has 1 fully saturated rings. The molecule has 1 aliphatic rings. The highest BCUT2D eigenvalue weighted by Crippen LogP contribution is 2.39. The third-order valence-corrected chi connectivity index (χ3v) is 7.56. The number of carbonyl (C=O) groups excluding carboxylic acids is 2. The van der Waals surface area contributed by atoms with E-state index in [2.05, 4.69) is 68.6 Å². The zero-order valence-electron chi connectivity index (χ0n) is 23.7. The normalized spacial score (nSPS) is 17.3. The molecule has 0 heterocycles. The van der Waals surface area contributed by atoms with Gasteiger partial charge in [0, 0.05) is 23.7 Å². The standard InChI is InChI=1S/C30H40O3.C4H6O2/c1-4-5-6-7-23-8-10-24(11-9-23)25-12-14-26(15-13-25)27-16-18-28(19-17-27)29(20-31)21-33-30(32)22(2)3;1-4(2-5)3-6/h8-15,27-29,31H,2,4-7,16-21H2,1,3H3;2,6H,1,3H2. The van der Waals surface area contributed by atoms with Crippen molar-refractivity contribution in [1.82, 2.24) is 0 Å². The fourth-order valence-corrected chi connectivity index (χ4v) is 5.00. The second-order valence-corrected chi connectivity index (χ2v) is 10.6. The molecule has 2 N–H and O–H groups in total. The molecule has 0 saturated heterocycles. The fraction of sp³-hybridized carbons (Fsp3) is 0.471. The van der Waals surface area contributed by atoms with Gasteiger partial charge in [-0.15, -0.1) is 0 Å². The SMILES string of the molecule is C=C(C)C(=O)OCC(CO)C1CCC(c2ccc(-c3ccc(CCCCC)cc3)cc2)CC1.C=C(C=O)CO. The molecule has 1 atom stereocenters. The van der Waals surface area contributed by atoms with Crippen LogP contribution in [-0.4, -0.2) is 42.3 Å². The Balaban J connectivity index is 0.000000798. The van der Waals surface area contributed by atoms with E-state index in [9.17, 15) is 14.7 Å². The Labute approximate surface area is 234 Å². The summed E-state index contributed by atoms with van der Waals surface area (Å²) in [5, 5.41) is 17.8. The van der Waals surface area contributed by atoms with Gasteiger partial charge >= 0.3 is 5.97 Å². The van der Waals surface area contributed by atoms with Crippen LogP contribution < -0.4 is 0 Å². The first-order valence-corrected chi connectivity index (χ1v) is 14.2. The van der Waals surface area contributed by atoms with E-state index in [1.807, 2.05) is 0 Å². The van der Waals surface area contributed by atoms with Gasteiger partial charge in [-0.05, 0) is 79.5 Å². The maximum Gasteiger partial charge on any atom is 0.333 e. The number of hydrogen-bond acceptors (Lipinski definition) is 5. The molecule has 212 valence electrons. The van der Waals surface area contributed by atoms with Gasteiger partial charge in [-0.3, -0.25) is 4.79 Å². The Kier molecular flexibility index (Phi) is 14.5. The van der Waals surface area contributed by atoms with Crippen molar-refractivity contribution in [3.63, 3.8) is 0 Å². The van der Waals surface area contributed by atoms with Gasteiger partial charge in [-0.1, -0.05) is 81.5 Å². The first-order chi connectivity index (χ1) is 18.8. The summed E-state index contributed by atoms with van der Waals surface area (Å²) in [6.07, 6.45) is 9.87. The lowest BCUT2D eigenvalue weighted by Gasteiger charge is -2.33. The summed E-state index contributed by atoms with van der Waals surface area (Å²) in [6.45, 7) is 10.8. The summed E-state index contributed by atoms with van der Waals surface area (Å²) in [4.78, 5) is 21.2. The molecule has 5 heteroatoms. The van der Waals surface area contributed by atoms with E-state index in [1.54, 1.807) is 6.92 Å². The summed E-state index contributed by atoms with van der Waals surface area (Å²) < 4.78 is 5.31. The number of benzene rings is 2. The van der Waals surface area contributed by atoms with Crippen molar-refractivity contribution in [1.29, 1.82) is 0 Å². The molecule has 3 rings (SSSR count). The van der Waals surface area contributed by atoms with Gasteiger partial charge in [0.05, 0.1) is 13.2 Å². The van der Waals surface area contributed by atoms with Gasteiger partial charge in [-0.2, -0.15) is 0 Å². The first-order valence-electron chi connectivity index (χ1n) is 14.2. The van der Waals surface area contributed by atoms with Crippen LogP contribution in [-0.2, 0) is 20.7 Å². The van der Waals surface area contributed by atoms with E-state index < -0.39 is 0 Å². The predicted octanol–water partition coefficient (Wildman–Crippen LogP) is 6.82. The third kappa shape index (κ3) is 10.9. The third-order valence-electron chi connectivity index (χ3n) is 7.56. The molecule has 0 aromatic heterocycles. The Hall–Kier alpha value is -3.02. The molecule has 39 heavy (non-hydrogen) atoms. The van der Waals surface area contributed by atoms with Crippen LogP contribution in [0.2, 0.25) is 0 Å². The van der Waals surface area contributed by atoms with Gasteiger partial charge in [0.25, 0.3) is 0 Å². The Morgan fingerprint density at radius 3 is 2.03 bits per heavy atom. The largest absolute Gasteiger partial charge is 0.462 e. The van der Waals surface area contributed by atoms with Crippen LogP contribution in [0.5, 0.6) is 0 Å². The van der Waals surface area contributed by atoms with Gasteiger partial charge in [0.15, 0.2) is 0 Å². The minimum Gasteiger partial charge on any atom is -0.462 e. The first kappa shape index (κ1) is 32.2. The molecular weight excluding hydrogens is 488 g/mol. The average molecular weight is 535 g/mol. The van der Waals surface area contributed by atoms with Crippen LogP contribution in [0.4, 0.5) is 0 Å². The number of unbranched alkanes of at least 4 members (excludes halogenated alkanes) is 2. The molecule has 0 aliphatic heterocycles. The molecule has 0 amide bonds. The Morgan fingerprint density at radius 1 is 0.974 bits per heavy atom. The van der Waals surface area contributed by atoms with Crippen LogP contribution in [0.25, 0.3) is 11.1 Å². The van der Waals surface area contributed by atoms with E-state index in [1.165, 1.54) is 47.9 Å². The smallest absolute Gasteiger partial charge is 0.333 e. The number of aldehydes is 1. The van der Waals surface area contributed by atoms with Crippen molar-refractivity contribution in [3.8, 4) is 11.1 Å². The second-order valence-electron chi connectivity index (χ2n) is 10.6. The molecule has 1 aliphatic carbocycles. The van der Waals surface area contributed by atoms with Crippen molar-refractivity contribution in [2.45, 2.75) is 71.1 Å². The van der Waals surface area contributed by atoms with Crippen LogP contribution in [0, 0.1) is 11.8 Å². The van der Waals surface area contributed by atoms with Crippen LogP contribution in [0.15, 0.2) is 72.8 Å². The maximum atomic E-state index is 11.7. The minimum absolute atomic E-state index is 0.0153. The van der Waals surface area contributed by atoms with Crippen molar-refractivity contribution in [2.75, 3.05) is 19.8 Å². The van der Waals surface area contributed by atoms with Gasteiger partial charge < -0.3 is 14.9 Å². The lowest BCUT2D eigenvalue weighted by molar-refractivity contribution is -0.141. The average Bonchev–Trinajstić information content (AvgIpc) is 2.98. The molecule has 1 saturated carbocycles. The molecule has 0 bridgehead atoms. The summed E-state index contributed by atoms with van der Waals surface area (Å²) in [7, 11) is 0. The summed E-state index contributed by atoms with van der Waals surface area (Å²) in [5.41, 5.74) is 6.00. The number of hydrogen-bond donors (Lipinski definition) is 2. The van der Waals surface area contributed by atoms with E-state index in [0.717, 1.165) is 25.7 Å². The quantitative estimate of drug-likeness (QED) is 0.127. The summed E-state index contributed by atoms with van der Waals surface area (Å²) in [6, 6.07) is 18.1. The molecular formula is C34H46O5. The van der Waals surface area contributed by atoms with Crippen molar-refractivity contribution < 1.29 is 24.5 Å². The predicted molar refractivity (Wildman–Crippen MR) is 158 cm³/mol. The molecule has 0 radical (unpaired) electrons. The van der Waals surface area contributed by atoms with Crippen molar-refractivity contribution in [3.05, 3.63) is 84.0 Å². The van der Waals surface area contributed by atoms with Gasteiger partial charge in [0.1, 0.15) is 6.29 Å². The lowest BCUT2D eigenvalue weighted by atomic mass is 9.74. The highest BCUT2D eigenvalue weighted by atomic mass is 16.5. The summed E-state index contributed by atoms with van der Waals surface area (Å²) >= 11 is 0. The molecule has 1 unspecified atom stereocenters. The number of aliphatic hydroxyl groups is 2. The zero-order chi connectivity index (χ0) is 28.6. The van der Waals surface area contributed by atoms with Crippen LogP contribution in [0.3, 0.4) is 0 Å². The van der Waals surface area contributed by atoms with Gasteiger partial charge in [0.2, 0.25) is 0 Å². The molecule has 0 spiro atoms. The summed E-state index contributed by atoms with van der Waals surface area (Å²) in [5.74, 6) is 0.614. The fourth-order valence-electron chi connectivity index (χ4n) is 5.00.